The van der Waals surface area contributed by atoms with Crippen LogP contribution in [0.2, 0.25) is 0 Å². The molecule has 0 amide bonds. The largest absolute Gasteiger partial charge is 0.472 e. The molecule has 1 aromatic carbocycles. The lowest BCUT2D eigenvalue weighted by Crippen LogP contribution is -2.23. The third kappa shape index (κ3) is 2.76. The van der Waals surface area contributed by atoms with Gasteiger partial charge in [-0.1, -0.05) is 13.0 Å². The molecule has 1 atom stereocenters. The summed E-state index contributed by atoms with van der Waals surface area (Å²) in [6.07, 6.45) is 3.40. The fraction of sp³-hybridized carbons (Fsp3) is 0.286. The predicted molar refractivity (Wildman–Crippen MR) is 65.2 cm³/mol. The van der Waals surface area contributed by atoms with E-state index in [4.69, 9.17) is 4.42 Å². The second-order valence-corrected chi connectivity index (χ2v) is 4.07. The van der Waals surface area contributed by atoms with Crippen LogP contribution in [0, 0.1) is 11.6 Å². The topological polar surface area (TPSA) is 25.2 Å². The van der Waals surface area contributed by atoms with Crippen LogP contribution in [0.4, 0.5) is 8.78 Å². The monoisotopic (exact) mass is 251 g/mol. The highest BCUT2D eigenvalue weighted by molar-refractivity contribution is 5.23. The van der Waals surface area contributed by atoms with Crippen molar-refractivity contribution in [2.24, 2.45) is 0 Å². The molecule has 0 fully saturated rings. The van der Waals surface area contributed by atoms with Crippen LogP contribution in [-0.4, -0.2) is 6.54 Å². The van der Waals surface area contributed by atoms with Gasteiger partial charge in [-0.2, -0.15) is 0 Å². The van der Waals surface area contributed by atoms with E-state index >= 15 is 0 Å². The zero-order valence-corrected chi connectivity index (χ0v) is 10.1. The minimum atomic E-state index is -0.513. The van der Waals surface area contributed by atoms with Gasteiger partial charge in [0.1, 0.15) is 11.6 Å². The summed E-state index contributed by atoms with van der Waals surface area (Å²) in [5.41, 5.74) is 0.990. The average molecular weight is 251 g/mol. The van der Waals surface area contributed by atoms with Crippen LogP contribution in [0.1, 0.15) is 24.1 Å². The molecule has 1 N–H and O–H groups in total. The maximum Gasteiger partial charge on any atom is 0.129 e. The van der Waals surface area contributed by atoms with Crippen LogP contribution in [-0.2, 0) is 6.42 Å². The van der Waals surface area contributed by atoms with Gasteiger partial charge < -0.3 is 9.73 Å². The second kappa shape index (κ2) is 5.78. The Morgan fingerprint density at radius 2 is 1.94 bits per heavy atom. The Bertz CT molecular complexity index is 476. The molecule has 0 radical (unpaired) electrons. The van der Waals surface area contributed by atoms with E-state index in [0.717, 1.165) is 5.56 Å². The lowest BCUT2D eigenvalue weighted by Gasteiger charge is -2.17. The first-order valence-corrected chi connectivity index (χ1v) is 5.90. The summed E-state index contributed by atoms with van der Waals surface area (Å²) < 4.78 is 32.2. The summed E-state index contributed by atoms with van der Waals surface area (Å²) >= 11 is 0. The van der Waals surface area contributed by atoms with Crippen molar-refractivity contribution in [1.29, 1.82) is 0 Å². The quantitative estimate of drug-likeness (QED) is 0.880. The normalized spacial score (nSPS) is 12.6. The van der Waals surface area contributed by atoms with Crippen LogP contribution in [0.5, 0.6) is 0 Å². The molecular weight excluding hydrogens is 236 g/mol. The number of likely N-dealkylation sites (N-methyl/N-ethyl adjacent to an activating group) is 1. The maximum atomic E-state index is 13.6. The summed E-state index contributed by atoms with van der Waals surface area (Å²) in [4.78, 5) is 0. The van der Waals surface area contributed by atoms with Crippen LogP contribution < -0.4 is 5.32 Å². The van der Waals surface area contributed by atoms with Crippen LogP contribution >= 0.6 is 0 Å². The van der Waals surface area contributed by atoms with E-state index in [2.05, 4.69) is 5.32 Å². The number of hydrogen-bond donors (Lipinski definition) is 1. The molecule has 0 saturated carbocycles. The highest BCUT2D eigenvalue weighted by Crippen LogP contribution is 2.22. The number of rotatable bonds is 5. The molecule has 18 heavy (non-hydrogen) atoms. The molecule has 4 heteroatoms. The number of furan rings is 1. The smallest absolute Gasteiger partial charge is 0.129 e. The van der Waals surface area contributed by atoms with E-state index in [9.17, 15) is 8.78 Å². The van der Waals surface area contributed by atoms with Crippen LogP contribution in [0.25, 0.3) is 0 Å². The second-order valence-electron chi connectivity index (χ2n) is 4.07. The van der Waals surface area contributed by atoms with Crippen molar-refractivity contribution in [3.05, 3.63) is 59.6 Å². The lowest BCUT2D eigenvalue weighted by atomic mass is 10.00. The van der Waals surface area contributed by atoms with Crippen molar-refractivity contribution in [1.82, 2.24) is 5.32 Å². The van der Waals surface area contributed by atoms with Crippen molar-refractivity contribution in [2.45, 2.75) is 19.4 Å². The first-order chi connectivity index (χ1) is 8.72. The Labute approximate surface area is 105 Å². The van der Waals surface area contributed by atoms with E-state index in [-0.39, 0.29) is 18.0 Å². The number of benzene rings is 1. The average Bonchev–Trinajstić information content (AvgIpc) is 2.86. The molecule has 0 aliphatic rings. The first-order valence-electron chi connectivity index (χ1n) is 5.90. The minimum Gasteiger partial charge on any atom is -0.472 e. The van der Waals surface area contributed by atoms with E-state index in [1.165, 1.54) is 18.2 Å². The molecule has 1 unspecified atom stereocenters. The highest BCUT2D eigenvalue weighted by atomic mass is 19.1. The maximum absolute atomic E-state index is 13.6. The third-order valence-corrected chi connectivity index (χ3v) is 2.87. The number of hydrogen-bond acceptors (Lipinski definition) is 2. The Morgan fingerprint density at radius 1 is 1.22 bits per heavy atom. The van der Waals surface area contributed by atoms with Gasteiger partial charge in [0.05, 0.1) is 12.5 Å². The van der Waals surface area contributed by atoms with Crippen molar-refractivity contribution in [3.8, 4) is 0 Å². The van der Waals surface area contributed by atoms with Gasteiger partial charge in [-0.05, 0) is 31.2 Å². The van der Waals surface area contributed by atoms with Gasteiger partial charge >= 0.3 is 0 Å². The van der Waals surface area contributed by atoms with Crippen molar-refractivity contribution < 1.29 is 13.2 Å². The Hall–Kier alpha value is -1.68. The molecule has 0 saturated heterocycles. The highest BCUT2D eigenvalue weighted by Gasteiger charge is 2.17. The van der Waals surface area contributed by atoms with Crippen molar-refractivity contribution >= 4 is 0 Å². The standard InChI is InChI=1S/C14H15F2NO/c1-2-17-14(10-6-7-18-9-10)8-11-12(15)4-3-5-13(11)16/h3-7,9,14,17H,2,8H2,1H3. The summed E-state index contributed by atoms with van der Waals surface area (Å²) in [5.74, 6) is -1.03. The summed E-state index contributed by atoms with van der Waals surface area (Å²) in [7, 11) is 0. The molecule has 2 rings (SSSR count). The fourth-order valence-corrected chi connectivity index (χ4v) is 1.96. The van der Waals surface area contributed by atoms with Crippen molar-refractivity contribution in [2.75, 3.05) is 6.54 Å². The van der Waals surface area contributed by atoms with Gasteiger partial charge in [0, 0.05) is 17.2 Å². The SMILES string of the molecule is CCNC(Cc1c(F)cccc1F)c1ccoc1. The van der Waals surface area contributed by atoms with Gasteiger partial charge in [-0.15, -0.1) is 0 Å². The van der Waals surface area contributed by atoms with Crippen LogP contribution in [0.3, 0.4) is 0 Å². The van der Waals surface area contributed by atoms with E-state index in [0.29, 0.717) is 6.54 Å². The van der Waals surface area contributed by atoms with Gasteiger partial charge in [-0.25, -0.2) is 8.78 Å². The van der Waals surface area contributed by atoms with Crippen LogP contribution in [0.15, 0.2) is 41.2 Å². The van der Waals surface area contributed by atoms with E-state index < -0.39 is 11.6 Å². The zero-order valence-electron chi connectivity index (χ0n) is 10.1. The predicted octanol–water partition coefficient (Wildman–Crippen LogP) is 3.45. The first kappa shape index (κ1) is 12.8. The van der Waals surface area contributed by atoms with Crippen molar-refractivity contribution in [3.63, 3.8) is 0 Å². The van der Waals surface area contributed by atoms with E-state index in [1.807, 2.05) is 6.92 Å². The summed E-state index contributed by atoms with van der Waals surface area (Å²) in [6, 6.07) is 5.56. The fourth-order valence-electron chi connectivity index (χ4n) is 1.96. The number of nitrogens with one attached hydrogen (secondary N) is 1. The van der Waals surface area contributed by atoms with Gasteiger partial charge in [-0.3, -0.25) is 0 Å². The Balaban J connectivity index is 2.24. The van der Waals surface area contributed by atoms with E-state index in [1.54, 1.807) is 18.6 Å². The molecule has 1 heterocycles. The molecule has 0 aliphatic carbocycles. The molecule has 96 valence electrons. The third-order valence-electron chi connectivity index (χ3n) is 2.87. The molecule has 0 bridgehead atoms. The van der Waals surface area contributed by atoms with Gasteiger partial charge in [0.2, 0.25) is 0 Å². The zero-order chi connectivity index (χ0) is 13.0. The molecule has 0 aliphatic heterocycles. The molecule has 2 nitrogen and oxygen atoms in total. The Kier molecular flexibility index (Phi) is 4.10. The van der Waals surface area contributed by atoms with Gasteiger partial charge in [0.25, 0.3) is 0 Å². The number of halogens is 2. The molecule has 2 aromatic rings. The lowest BCUT2D eigenvalue weighted by molar-refractivity contribution is 0.492. The van der Waals surface area contributed by atoms with Gasteiger partial charge in [0.15, 0.2) is 0 Å². The molecular formula is C14H15F2NO. The summed E-state index contributed by atoms with van der Waals surface area (Å²) in [5, 5.41) is 3.19. The Morgan fingerprint density at radius 3 is 2.50 bits per heavy atom. The summed E-state index contributed by atoms with van der Waals surface area (Å²) in [6.45, 7) is 2.66. The minimum absolute atomic E-state index is 0.102. The molecule has 1 aromatic heterocycles. The molecule has 0 spiro atoms.